The summed E-state index contributed by atoms with van der Waals surface area (Å²) in [5.74, 6) is -0.0192. The molecule has 0 aliphatic rings. The number of hydrogen-bond acceptors (Lipinski definition) is 2. The molecule has 0 aliphatic carbocycles. The smallest absolute Gasteiger partial charge is 0.135 e. The van der Waals surface area contributed by atoms with E-state index in [0.29, 0.717) is 5.02 Å². The number of benzene rings is 1. The van der Waals surface area contributed by atoms with E-state index in [0.717, 1.165) is 11.1 Å². The van der Waals surface area contributed by atoms with Crippen LogP contribution in [0.25, 0.3) is 11.1 Å². The molecule has 0 spiro atoms. The van der Waals surface area contributed by atoms with E-state index in [4.69, 9.17) is 23.2 Å². The van der Waals surface area contributed by atoms with Crippen molar-refractivity contribution in [2.24, 2.45) is 7.05 Å². The highest BCUT2D eigenvalue weighted by Gasteiger charge is 2.09. The highest BCUT2D eigenvalue weighted by molar-refractivity contribution is 6.36. The second kappa shape index (κ2) is 3.76. The van der Waals surface area contributed by atoms with E-state index in [1.807, 2.05) is 13.2 Å². The molecule has 2 rings (SSSR count). The topological polar surface area (TPSA) is 38.0 Å². The molecule has 78 valence electrons. The second-order valence-corrected chi connectivity index (χ2v) is 4.00. The van der Waals surface area contributed by atoms with Crippen molar-refractivity contribution >= 4 is 23.2 Å². The standard InChI is InChI=1S/C10H8Cl2N2O/c1-14-5-6(4-13-14)7-2-9(12)10(15)3-8(7)11/h2-5,15H,1H3. The molecule has 1 aromatic heterocycles. The third-order valence-corrected chi connectivity index (χ3v) is 2.67. The maximum atomic E-state index is 9.34. The summed E-state index contributed by atoms with van der Waals surface area (Å²) in [6.45, 7) is 0. The van der Waals surface area contributed by atoms with Gasteiger partial charge < -0.3 is 5.11 Å². The summed E-state index contributed by atoms with van der Waals surface area (Å²) < 4.78 is 1.67. The van der Waals surface area contributed by atoms with E-state index in [1.165, 1.54) is 6.07 Å². The highest BCUT2D eigenvalue weighted by Crippen LogP contribution is 2.35. The van der Waals surface area contributed by atoms with E-state index in [1.54, 1.807) is 16.9 Å². The van der Waals surface area contributed by atoms with E-state index in [2.05, 4.69) is 5.10 Å². The van der Waals surface area contributed by atoms with Gasteiger partial charge in [0, 0.05) is 30.4 Å². The molecule has 1 heterocycles. The van der Waals surface area contributed by atoms with E-state index in [9.17, 15) is 5.11 Å². The molecule has 0 unspecified atom stereocenters. The number of phenols is 1. The van der Waals surface area contributed by atoms with Crippen LogP contribution in [0.4, 0.5) is 0 Å². The minimum absolute atomic E-state index is 0.0192. The Morgan fingerprint density at radius 3 is 2.60 bits per heavy atom. The number of nitrogens with zero attached hydrogens (tertiary/aromatic N) is 2. The molecule has 0 saturated heterocycles. The van der Waals surface area contributed by atoms with Crippen molar-refractivity contribution in [3.63, 3.8) is 0 Å². The van der Waals surface area contributed by atoms with Gasteiger partial charge in [-0.05, 0) is 6.07 Å². The van der Waals surface area contributed by atoms with Gasteiger partial charge in [0.25, 0.3) is 0 Å². The molecular weight excluding hydrogens is 235 g/mol. The summed E-state index contributed by atoms with van der Waals surface area (Å²) in [6, 6.07) is 3.04. The van der Waals surface area contributed by atoms with Gasteiger partial charge >= 0.3 is 0 Å². The van der Waals surface area contributed by atoms with Gasteiger partial charge in [-0.15, -0.1) is 0 Å². The molecule has 0 saturated carbocycles. The monoisotopic (exact) mass is 242 g/mol. The molecule has 0 amide bonds. The van der Waals surface area contributed by atoms with Crippen LogP contribution in [0.3, 0.4) is 0 Å². The minimum Gasteiger partial charge on any atom is -0.506 e. The number of halogens is 2. The first kappa shape index (κ1) is 10.3. The predicted octanol–water partition coefficient (Wildman–Crippen LogP) is 3.10. The molecule has 3 nitrogen and oxygen atoms in total. The van der Waals surface area contributed by atoms with Crippen LogP contribution in [0.5, 0.6) is 5.75 Å². The first-order valence-corrected chi connectivity index (χ1v) is 5.00. The predicted molar refractivity (Wildman–Crippen MR) is 60.3 cm³/mol. The zero-order valence-corrected chi connectivity index (χ0v) is 9.42. The average molecular weight is 243 g/mol. The largest absolute Gasteiger partial charge is 0.506 e. The van der Waals surface area contributed by atoms with Gasteiger partial charge in [0.05, 0.1) is 16.2 Å². The Morgan fingerprint density at radius 1 is 1.27 bits per heavy atom. The zero-order chi connectivity index (χ0) is 11.0. The fraction of sp³-hybridized carbons (Fsp3) is 0.100. The van der Waals surface area contributed by atoms with E-state index >= 15 is 0 Å². The van der Waals surface area contributed by atoms with Gasteiger partial charge in [0.1, 0.15) is 5.75 Å². The van der Waals surface area contributed by atoms with Crippen molar-refractivity contribution in [1.29, 1.82) is 0 Å². The van der Waals surface area contributed by atoms with Crippen molar-refractivity contribution in [3.05, 3.63) is 34.6 Å². The van der Waals surface area contributed by atoms with Gasteiger partial charge in [0.15, 0.2) is 0 Å². The lowest BCUT2D eigenvalue weighted by Crippen LogP contribution is -1.84. The zero-order valence-electron chi connectivity index (χ0n) is 7.91. The summed E-state index contributed by atoms with van der Waals surface area (Å²) in [6.07, 6.45) is 3.52. The highest BCUT2D eigenvalue weighted by atomic mass is 35.5. The first-order chi connectivity index (χ1) is 7.08. The van der Waals surface area contributed by atoms with Crippen LogP contribution in [0.15, 0.2) is 24.5 Å². The Morgan fingerprint density at radius 2 is 2.00 bits per heavy atom. The molecule has 0 bridgehead atoms. The Bertz CT molecular complexity index is 508. The molecule has 1 aromatic carbocycles. The fourth-order valence-electron chi connectivity index (χ4n) is 1.32. The van der Waals surface area contributed by atoms with Gasteiger partial charge in [-0.1, -0.05) is 23.2 Å². The average Bonchev–Trinajstić information content (AvgIpc) is 2.58. The Hall–Kier alpha value is -1.19. The number of rotatable bonds is 1. The quantitative estimate of drug-likeness (QED) is 0.835. The molecular formula is C10H8Cl2N2O. The lowest BCUT2D eigenvalue weighted by atomic mass is 10.1. The summed E-state index contributed by atoms with van der Waals surface area (Å²) >= 11 is 11.8. The second-order valence-electron chi connectivity index (χ2n) is 3.19. The normalized spacial score (nSPS) is 10.6. The Balaban J connectivity index is 2.58. The third-order valence-electron chi connectivity index (χ3n) is 2.05. The fourth-order valence-corrected chi connectivity index (χ4v) is 1.75. The maximum Gasteiger partial charge on any atom is 0.135 e. The molecule has 2 aromatic rings. The number of hydrogen-bond donors (Lipinski definition) is 1. The van der Waals surface area contributed by atoms with E-state index < -0.39 is 0 Å². The molecule has 0 atom stereocenters. The van der Waals surface area contributed by atoms with Crippen LogP contribution in [0.1, 0.15) is 0 Å². The third kappa shape index (κ3) is 1.94. The summed E-state index contributed by atoms with van der Waals surface area (Å²) in [5.41, 5.74) is 1.62. The minimum atomic E-state index is -0.0192. The van der Waals surface area contributed by atoms with Crippen molar-refractivity contribution < 1.29 is 5.11 Å². The van der Waals surface area contributed by atoms with Gasteiger partial charge in [-0.25, -0.2) is 0 Å². The molecule has 1 N–H and O–H groups in total. The van der Waals surface area contributed by atoms with Crippen LogP contribution in [0, 0.1) is 0 Å². The number of aromatic nitrogens is 2. The number of aryl methyl sites for hydroxylation is 1. The molecule has 15 heavy (non-hydrogen) atoms. The first-order valence-electron chi connectivity index (χ1n) is 4.25. The van der Waals surface area contributed by atoms with Crippen molar-refractivity contribution in [1.82, 2.24) is 9.78 Å². The van der Waals surface area contributed by atoms with E-state index in [-0.39, 0.29) is 10.8 Å². The van der Waals surface area contributed by atoms with Crippen molar-refractivity contribution in [2.45, 2.75) is 0 Å². The summed E-state index contributed by atoms with van der Waals surface area (Å²) in [7, 11) is 1.82. The van der Waals surface area contributed by atoms with Crippen molar-refractivity contribution in [3.8, 4) is 16.9 Å². The van der Waals surface area contributed by atoms with Gasteiger partial charge in [0.2, 0.25) is 0 Å². The van der Waals surface area contributed by atoms with Crippen LogP contribution in [-0.4, -0.2) is 14.9 Å². The lowest BCUT2D eigenvalue weighted by molar-refractivity contribution is 0.475. The van der Waals surface area contributed by atoms with Crippen LogP contribution < -0.4 is 0 Å². The summed E-state index contributed by atoms with van der Waals surface area (Å²) in [4.78, 5) is 0. The van der Waals surface area contributed by atoms with Crippen LogP contribution in [0.2, 0.25) is 10.0 Å². The summed E-state index contributed by atoms with van der Waals surface area (Å²) in [5, 5.41) is 14.1. The lowest BCUT2D eigenvalue weighted by Gasteiger charge is -2.03. The van der Waals surface area contributed by atoms with Crippen LogP contribution in [-0.2, 0) is 7.05 Å². The Kier molecular flexibility index (Phi) is 2.59. The SMILES string of the molecule is Cn1cc(-c2cc(Cl)c(O)cc2Cl)cn1. The molecule has 5 heteroatoms. The maximum absolute atomic E-state index is 9.34. The van der Waals surface area contributed by atoms with Gasteiger partial charge in [-0.3, -0.25) is 4.68 Å². The molecule has 0 radical (unpaired) electrons. The van der Waals surface area contributed by atoms with Gasteiger partial charge in [-0.2, -0.15) is 5.10 Å². The van der Waals surface area contributed by atoms with Crippen molar-refractivity contribution in [2.75, 3.05) is 0 Å². The molecule has 0 fully saturated rings. The number of phenolic OH excluding ortho intramolecular Hbond substituents is 1. The van der Waals surface area contributed by atoms with Crippen LogP contribution >= 0.6 is 23.2 Å². The number of aromatic hydroxyl groups is 1. The Labute approximate surface area is 96.9 Å². The molecule has 0 aliphatic heterocycles.